The molecule has 0 spiro atoms. The highest BCUT2D eigenvalue weighted by Gasteiger charge is 2.15. The molecule has 0 radical (unpaired) electrons. The largest absolute Gasteiger partial charge is 0.481 e. The van der Waals surface area contributed by atoms with Gasteiger partial charge in [0.2, 0.25) is 5.91 Å². The first kappa shape index (κ1) is 19.2. The van der Waals surface area contributed by atoms with Crippen molar-refractivity contribution in [2.24, 2.45) is 0 Å². The average Bonchev–Trinajstić information content (AvgIpc) is 2.70. The van der Waals surface area contributed by atoms with Gasteiger partial charge in [0, 0.05) is 18.3 Å². The van der Waals surface area contributed by atoms with Gasteiger partial charge >= 0.3 is 0 Å². The van der Waals surface area contributed by atoms with E-state index in [0.717, 1.165) is 11.1 Å². The summed E-state index contributed by atoms with van der Waals surface area (Å²) in [5.41, 5.74) is 3.52. The third-order valence-corrected chi connectivity index (χ3v) is 4.12. The summed E-state index contributed by atoms with van der Waals surface area (Å²) in [5, 5.41) is 5.48. The lowest BCUT2D eigenvalue weighted by molar-refractivity contribution is -0.122. The predicted molar refractivity (Wildman–Crippen MR) is 111 cm³/mol. The Morgan fingerprint density at radius 2 is 1.29 bits per heavy atom. The lowest BCUT2D eigenvalue weighted by Gasteiger charge is -2.15. The monoisotopic (exact) mass is 374 g/mol. The van der Waals surface area contributed by atoms with E-state index in [4.69, 9.17) is 4.74 Å². The molecule has 1 unspecified atom stereocenters. The number of hydrogen-bond acceptors (Lipinski definition) is 3. The zero-order valence-corrected chi connectivity index (χ0v) is 15.8. The van der Waals surface area contributed by atoms with Crippen molar-refractivity contribution in [2.45, 2.75) is 20.0 Å². The van der Waals surface area contributed by atoms with Gasteiger partial charge in [-0.05, 0) is 54.4 Å². The molecule has 0 aliphatic rings. The first-order valence-electron chi connectivity index (χ1n) is 9.02. The number of ether oxygens (including phenoxy) is 1. The lowest BCUT2D eigenvalue weighted by atomic mass is 10.1. The second-order valence-electron chi connectivity index (χ2n) is 6.40. The minimum atomic E-state index is -0.655. The van der Waals surface area contributed by atoms with E-state index < -0.39 is 6.10 Å². The summed E-state index contributed by atoms with van der Waals surface area (Å²) < 4.78 is 5.75. The Bertz CT molecular complexity index is 936. The normalized spacial score (nSPS) is 11.4. The summed E-state index contributed by atoms with van der Waals surface area (Å²) >= 11 is 0. The highest BCUT2D eigenvalue weighted by Crippen LogP contribution is 2.23. The second-order valence-corrected chi connectivity index (χ2v) is 6.40. The minimum Gasteiger partial charge on any atom is -0.481 e. The summed E-state index contributed by atoms with van der Waals surface area (Å²) in [6.07, 6.45) is -0.655. The van der Waals surface area contributed by atoms with Crippen LogP contribution in [-0.4, -0.2) is 17.9 Å². The van der Waals surface area contributed by atoms with Gasteiger partial charge in [0.05, 0.1) is 0 Å². The molecule has 0 aliphatic heterocycles. The molecule has 28 heavy (non-hydrogen) atoms. The van der Waals surface area contributed by atoms with Gasteiger partial charge in [-0.2, -0.15) is 0 Å². The van der Waals surface area contributed by atoms with E-state index in [2.05, 4.69) is 10.6 Å². The van der Waals surface area contributed by atoms with Gasteiger partial charge < -0.3 is 15.4 Å². The van der Waals surface area contributed by atoms with Crippen LogP contribution in [0, 0.1) is 0 Å². The van der Waals surface area contributed by atoms with Crippen LogP contribution in [-0.2, 0) is 9.59 Å². The van der Waals surface area contributed by atoms with Crippen LogP contribution < -0.4 is 15.4 Å². The van der Waals surface area contributed by atoms with E-state index in [1.54, 1.807) is 31.2 Å². The first-order valence-corrected chi connectivity index (χ1v) is 9.02. The molecule has 0 fully saturated rings. The van der Waals surface area contributed by atoms with Crippen LogP contribution in [0.25, 0.3) is 11.1 Å². The molecule has 0 saturated carbocycles. The Hall–Kier alpha value is -3.60. The molecule has 0 heterocycles. The molecule has 5 heteroatoms. The standard InChI is InChI=1S/C23H22N2O3/c1-16(23(27)25-21-12-10-20(11-13-21)24-17(2)26)28-22-14-8-19(9-15-22)18-6-4-3-5-7-18/h3-16H,1-2H3,(H,24,26)(H,25,27). The minimum absolute atomic E-state index is 0.142. The Morgan fingerprint density at radius 3 is 1.86 bits per heavy atom. The fourth-order valence-electron chi connectivity index (χ4n) is 2.70. The van der Waals surface area contributed by atoms with Crippen LogP contribution in [0.15, 0.2) is 78.9 Å². The Balaban J connectivity index is 1.57. The van der Waals surface area contributed by atoms with Crippen LogP contribution in [0.4, 0.5) is 11.4 Å². The predicted octanol–water partition coefficient (Wildman–Crippen LogP) is 4.72. The van der Waals surface area contributed by atoms with E-state index >= 15 is 0 Å². The van der Waals surface area contributed by atoms with Crippen molar-refractivity contribution in [3.8, 4) is 16.9 Å². The molecule has 3 rings (SSSR count). The molecule has 5 nitrogen and oxygen atoms in total. The number of carbonyl (C=O) groups excluding carboxylic acids is 2. The SMILES string of the molecule is CC(=O)Nc1ccc(NC(=O)C(C)Oc2ccc(-c3ccccc3)cc2)cc1. The van der Waals surface area contributed by atoms with Crippen molar-refractivity contribution in [3.05, 3.63) is 78.9 Å². The van der Waals surface area contributed by atoms with Crippen LogP contribution in [0.2, 0.25) is 0 Å². The van der Waals surface area contributed by atoms with Gasteiger partial charge in [-0.15, -0.1) is 0 Å². The maximum Gasteiger partial charge on any atom is 0.265 e. The van der Waals surface area contributed by atoms with Crippen molar-refractivity contribution in [2.75, 3.05) is 10.6 Å². The highest BCUT2D eigenvalue weighted by molar-refractivity contribution is 5.94. The van der Waals surface area contributed by atoms with Crippen molar-refractivity contribution in [3.63, 3.8) is 0 Å². The highest BCUT2D eigenvalue weighted by atomic mass is 16.5. The Kier molecular flexibility index (Phi) is 6.07. The number of anilines is 2. The summed E-state index contributed by atoms with van der Waals surface area (Å²) in [6.45, 7) is 3.15. The van der Waals surface area contributed by atoms with Gasteiger partial charge in [0.25, 0.3) is 5.91 Å². The van der Waals surface area contributed by atoms with Gasteiger partial charge in [-0.1, -0.05) is 42.5 Å². The van der Waals surface area contributed by atoms with E-state index in [1.807, 2.05) is 54.6 Å². The number of rotatable bonds is 6. The zero-order chi connectivity index (χ0) is 19.9. The molecule has 0 bridgehead atoms. The molecule has 0 saturated heterocycles. The fraction of sp³-hybridized carbons (Fsp3) is 0.130. The quantitative estimate of drug-likeness (QED) is 0.656. The lowest BCUT2D eigenvalue weighted by Crippen LogP contribution is -2.30. The molecule has 0 aromatic heterocycles. The summed E-state index contributed by atoms with van der Waals surface area (Å²) in [6, 6.07) is 24.6. The maximum atomic E-state index is 12.4. The van der Waals surface area contributed by atoms with Crippen LogP contribution >= 0.6 is 0 Å². The van der Waals surface area contributed by atoms with Crippen molar-refractivity contribution in [1.82, 2.24) is 0 Å². The molecule has 3 aromatic carbocycles. The van der Waals surface area contributed by atoms with Gasteiger partial charge in [-0.25, -0.2) is 0 Å². The average molecular weight is 374 g/mol. The maximum absolute atomic E-state index is 12.4. The fourth-order valence-corrected chi connectivity index (χ4v) is 2.70. The Morgan fingerprint density at radius 1 is 0.750 bits per heavy atom. The number of hydrogen-bond donors (Lipinski definition) is 2. The summed E-state index contributed by atoms with van der Waals surface area (Å²) in [7, 11) is 0. The van der Waals surface area contributed by atoms with Crippen LogP contribution in [0.5, 0.6) is 5.75 Å². The second kappa shape index (κ2) is 8.86. The molecule has 3 aromatic rings. The first-order chi connectivity index (χ1) is 13.5. The zero-order valence-electron chi connectivity index (χ0n) is 15.8. The molecule has 2 amide bonds. The molecular formula is C23H22N2O3. The van der Waals surface area contributed by atoms with E-state index in [0.29, 0.717) is 17.1 Å². The number of amides is 2. The van der Waals surface area contributed by atoms with Gasteiger partial charge in [-0.3, -0.25) is 9.59 Å². The number of benzene rings is 3. The van der Waals surface area contributed by atoms with Crippen molar-refractivity contribution in [1.29, 1.82) is 0 Å². The van der Waals surface area contributed by atoms with E-state index in [1.165, 1.54) is 6.92 Å². The number of carbonyl (C=O) groups is 2. The van der Waals surface area contributed by atoms with Crippen molar-refractivity contribution < 1.29 is 14.3 Å². The van der Waals surface area contributed by atoms with Crippen molar-refractivity contribution >= 4 is 23.2 Å². The third-order valence-electron chi connectivity index (χ3n) is 4.12. The summed E-state index contributed by atoms with van der Waals surface area (Å²) in [5.74, 6) is 0.236. The molecule has 2 N–H and O–H groups in total. The molecule has 1 atom stereocenters. The number of nitrogens with one attached hydrogen (secondary N) is 2. The van der Waals surface area contributed by atoms with E-state index in [9.17, 15) is 9.59 Å². The third kappa shape index (κ3) is 5.20. The topological polar surface area (TPSA) is 67.4 Å². The Labute approximate surface area is 164 Å². The van der Waals surface area contributed by atoms with Crippen LogP contribution in [0.3, 0.4) is 0 Å². The molecule has 0 aliphatic carbocycles. The molecular weight excluding hydrogens is 352 g/mol. The van der Waals surface area contributed by atoms with Gasteiger partial charge in [0.15, 0.2) is 6.10 Å². The molecule has 142 valence electrons. The smallest absolute Gasteiger partial charge is 0.265 e. The van der Waals surface area contributed by atoms with Crippen LogP contribution in [0.1, 0.15) is 13.8 Å². The summed E-state index contributed by atoms with van der Waals surface area (Å²) in [4.78, 5) is 23.4. The van der Waals surface area contributed by atoms with E-state index in [-0.39, 0.29) is 11.8 Å². The van der Waals surface area contributed by atoms with Gasteiger partial charge in [0.1, 0.15) is 5.75 Å².